The molecule has 0 saturated heterocycles. The third-order valence-electron chi connectivity index (χ3n) is 1.18. The second kappa shape index (κ2) is 2.71. The van der Waals surface area contributed by atoms with Crippen molar-refractivity contribution in [3.8, 4) is 0 Å². The first kappa shape index (κ1) is 8.36. The van der Waals surface area contributed by atoms with Crippen LogP contribution in [0, 0.1) is 0 Å². The summed E-state index contributed by atoms with van der Waals surface area (Å²) in [7, 11) is 1.37. The lowest BCUT2D eigenvalue weighted by molar-refractivity contribution is 0.610. The van der Waals surface area contributed by atoms with Crippen LogP contribution in [0.15, 0.2) is 29.2 Å². The molecule has 11 heavy (non-hydrogen) atoms. The minimum absolute atomic E-state index is 0.0401. The predicted molar refractivity (Wildman–Crippen MR) is 43.9 cm³/mol. The quantitative estimate of drug-likeness (QED) is 0.536. The lowest BCUT2D eigenvalue weighted by atomic mass is 10.3. The molecule has 0 aliphatic carbocycles. The van der Waals surface area contributed by atoms with Gasteiger partial charge in [-0.25, -0.2) is 8.42 Å². The molecule has 0 fully saturated rings. The average molecular weight is 192 g/mol. The molecule has 0 radical (unpaired) electrons. The van der Waals surface area contributed by atoms with Crippen molar-refractivity contribution in [1.82, 2.24) is 0 Å². The monoisotopic (exact) mass is 191 g/mol. The van der Waals surface area contributed by atoms with E-state index >= 15 is 0 Å². The van der Waals surface area contributed by atoms with Gasteiger partial charge in [0.05, 0.1) is 5.69 Å². The molecule has 3 nitrogen and oxygen atoms in total. The van der Waals surface area contributed by atoms with Gasteiger partial charge in [0, 0.05) is 10.7 Å². The lowest BCUT2D eigenvalue weighted by Crippen LogP contribution is -1.96. The number of hydrogen-bond acceptors (Lipinski definition) is 3. The molecule has 1 rings (SSSR count). The molecule has 0 bridgehead atoms. The molecular weight excluding hydrogens is 186 g/mol. The second-order valence-electron chi connectivity index (χ2n) is 1.98. The van der Waals surface area contributed by atoms with E-state index in [4.69, 9.17) is 16.4 Å². The predicted octanol–water partition coefficient (Wildman–Crippen LogP) is 1.20. The van der Waals surface area contributed by atoms with Gasteiger partial charge in [-0.05, 0) is 12.1 Å². The van der Waals surface area contributed by atoms with E-state index in [-0.39, 0.29) is 10.6 Å². The van der Waals surface area contributed by atoms with Crippen LogP contribution in [0.1, 0.15) is 0 Å². The molecule has 0 spiro atoms. The molecule has 0 aromatic heterocycles. The van der Waals surface area contributed by atoms with Crippen molar-refractivity contribution in [1.29, 1.82) is 0 Å². The molecule has 1 aromatic carbocycles. The molecule has 0 aliphatic rings. The topological polar surface area (TPSA) is 60.2 Å². The smallest absolute Gasteiger partial charge is 0.263 e. The fourth-order valence-corrected chi connectivity index (χ4v) is 1.71. The van der Waals surface area contributed by atoms with Crippen LogP contribution in [-0.2, 0) is 9.05 Å². The number of rotatable bonds is 1. The highest BCUT2D eigenvalue weighted by atomic mass is 35.7. The summed E-state index contributed by atoms with van der Waals surface area (Å²) in [5.41, 5.74) is 5.51. The van der Waals surface area contributed by atoms with Gasteiger partial charge in [0.1, 0.15) is 4.90 Å². The normalized spacial score (nSPS) is 11.4. The SMILES string of the molecule is Nc1ccccc1S(=O)(=O)Cl. The fraction of sp³-hybridized carbons (Fsp3) is 0. The third-order valence-corrected chi connectivity index (χ3v) is 2.58. The van der Waals surface area contributed by atoms with Gasteiger partial charge in [-0.3, -0.25) is 0 Å². The van der Waals surface area contributed by atoms with E-state index in [1.807, 2.05) is 0 Å². The minimum Gasteiger partial charge on any atom is -0.398 e. The van der Waals surface area contributed by atoms with Gasteiger partial charge in [0.2, 0.25) is 0 Å². The summed E-state index contributed by atoms with van der Waals surface area (Å²) < 4.78 is 21.5. The molecule has 5 heteroatoms. The van der Waals surface area contributed by atoms with E-state index in [1.54, 1.807) is 12.1 Å². The molecule has 0 amide bonds. The number of nitrogens with two attached hydrogens (primary N) is 1. The van der Waals surface area contributed by atoms with Crippen molar-refractivity contribution in [3.63, 3.8) is 0 Å². The van der Waals surface area contributed by atoms with Crippen molar-refractivity contribution in [3.05, 3.63) is 24.3 Å². The first-order valence-corrected chi connectivity index (χ1v) is 5.12. The molecule has 0 heterocycles. The van der Waals surface area contributed by atoms with Crippen LogP contribution >= 0.6 is 10.7 Å². The Labute approximate surface area is 69.2 Å². The summed E-state index contributed by atoms with van der Waals surface area (Å²) in [6, 6.07) is 6.04. The van der Waals surface area contributed by atoms with Crippen molar-refractivity contribution in [2.24, 2.45) is 0 Å². The van der Waals surface area contributed by atoms with Crippen LogP contribution in [0.2, 0.25) is 0 Å². The maximum atomic E-state index is 10.7. The van der Waals surface area contributed by atoms with Crippen LogP contribution in [0.5, 0.6) is 0 Å². The van der Waals surface area contributed by atoms with E-state index in [9.17, 15) is 8.42 Å². The molecule has 60 valence electrons. The Hall–Kier alpha value is -0.740. The number of halogens is 1. The Morgan fingerprint density at radius 3 is 2.18 bits per heavy atom. The Bertz CT molecular complexity index is 361. The summed E-state index contributed by atoms with van der Waals surface area (Å²) in [6.07, 6.45) is 0. The maximum Gasteiger partial charge on any atom is 0.263 e. The van der Waals surface area contributed by atoms with Gasteiger partial charge >= 0.3 is 0 Å². The van der Waals surface area contributed by atoms with Gasteiger partial charge in [-0.1, -0.05) is 12.1 Å². The average Bonchev–Trinajstić information content (AvgIpc) is 1.86. The van der Waals surface area contributed by atoms with E-state index in [0.29, 0.717) is 0 Å². The van der Waals surface area contributed by atoms with Crippen molar-refractivity contribution >= 4 is 25.4 Å². The minimum atomic E-state index is -3.69. The van der Waals surface area contributed by atoms with E-state index < -0.39 is 9.05 Å². The standard InChI is InChI=1S/C6H6ClNO2S/c7-11(9,10)6-4-2-1-3-5(6)8/h1-4H,8H2. The number of benzene rings is 1. The van der Waals surface area contributed by atoms with Gasteiger partial charge in [0.25, 0.3) is 9.05 Å². The number of nitrogen functional groups attached to an aromatic ring is 1. The second-order valence-corrected chi connectivity index (χ2v) is 4.51. The largest absolute Gasteiger partial charge is 0.398 e. The summed E-state index contributed by atoms with van der Waals surface area (Å²) in [5.74, 6) is 0. The van der Waals surface area contributed by atoms with Crippen LogP contribution in [0.3, 0.4) is 0 Å². The zero-order valence-corrected chi connectivity index (χ0v) is 7.06. The number of anilines is 1. The van der Waals surface area contributed by atoms with Gasteiger partial charge in [0.15, 0.2) is 0 Å². The Morgan fingerprint density at radius 2 is 1.82 bits per heavy atom. The summed E-state index contributed by atoms with van der Waals surface area (Å²) >= 11 is 0. The number of para-hydroxylation sites is 1. The van der Waals surface area contributed by atoms with Crippen LogP contribution in [0.25, 0.3) is 0 Å². The molecule has 2 N–H and O–H groups in total. The lowest BCUT2D eigenvalue weighted by Gasteiger charge is -1.98. The van der Waals surface area contributed by atoms with Gasteiger partial charge in [-0.2, -0.15) is 0 Å². The maximum absolute atomic E-state index is 10.7. The van der Waals surface area contributed by atoms with Crippen LogP contribution < -0.4 is 5.73 Å². The molecule has 0 atom stereocenters. The molecule has 0 saturated carbocycles. The van der Waals surface area contributed by atoms with Crippen molar-refractivity contribution < 1.29 is 8.42 Å². The Kier molecular flexibility index (Phi) is 2.06. The molecule has 0 aliphatic heterocycles. The Balaban J connectivity index is 3.37. The number of hydrogen-bond donors (Lipinski definition) is 1. The van der Waals surface area contributed by atoms with Crippen LogP contribution in [-0.4, -0.2) is 8.42 Å². The Morgan fingerprint density at radius 1 is 1.27 bits per heavy atom. The van der Waals surface area contributed by atoms with Crippen LogP contribution in [0.4, 0.5) is 5.69 Å². The highest BCUT2D eigenvalue weighted by Crippen LogP contribution is 2.20. The fourth-order valence-electron chi connectivity index (χ4n) is 0.703. The van der Waals surface area contributed by atoms with Crippen molar-refractivity contribution in [2.45, 2.75) is 4.90 Å². The van der Waals surface area contributed by atoms with E-state index in [2.05, 4.69) is 0 Å². The zero-order chi connectivity index (χ0) is 8.48. The third kappa shape index (κ3) is 1.85. The van der Waals surface area contributed by atoms with E-state index in [1.165, 1.54) is 12.1 Å². The summed E-state index contributed by atoms with van der Waals surface area (Å²) in [5, 5.41) is 0. The summed E-state index contributed by atoms with van der Waals surface area (Å²) in [4.78, 5) is -0.0401. The molecule has 1 aromatic rings. The van der Waals surface area contributed by atoms with Gasteiger partial charge < -0.3 is 5.73 Å². The van der Waals surface area contributed by atoms with E-state index in [0.717, 1.165) is 0 Å². The highest BCUT2D eigenvalue weighted by molar-refractivity contribution is 8.13. The molecule has 0 unspecified atom stereocenters. The first-order valence-electron chi connectivity index (χ1n) is 2.81. The zero-order valence-electron chi connectivity index (χ0n) is 5.49. The summed E-state index contributed by atoms with van der Waals surface area (Å²) in [6.45, 7) is 0. The molecular formula is C6H6ClNO2S. The van der Waals surface area contributed by atoms with Crippen molar-refractivity contribution in [2.75, 3.05) is 5.73 Å². The first-order chi connectivity index (χ1) is 5.02. The highest BCUT2D eigenvalue weighted by Gasteiger charge is 2.11. The van der Waals surface area contributed by atoms with Gasteiger partial charge in [-0.15, -0.1) is 0 Å².